The summed E-state index contributed by atoms with van der Waals surface area (Å²) >= 11 is 6.13. The average molecular weight is 720 g/mol. The molecule has 11 nitrogen and oxygen atoms in total. The van der Waals surface area contributed by atoms with Gasteiger partial charge in [0.2, 0.25) is 5.91 Å². The second-order valence-electron chi connectivity index (χ2n) is 13.9. The Morgan fingerprint density at radius 3 is 2.40 bits per heavy atom. The topological polar surface area (TPSA) is 123 Å². The van der Waals surface area contributed by atoms with Crippen LogP contribution in [0.2, 0.25) is 5.02 Å². The maximum Gasteiger partial charge on any atom is 0.418 e. The summed E-state index contributed by atoms with van der Waals surface area (Å²) in [5.41, 5.74) is 5.98. The van der Waals surface area contributed by atoms with Crippen LogP contribution < -0.4 is 16.4 Å². The van der Waals surface area contributed by atoms with Crippen molar-refractivity contribution in [3.63, 3.8) is 0 Å². The van der Waals surface area contributed by atoms with E-state index in [9.17, 15) is 27.6 Å². The third kappa shape index (κ3) is 7.92. The lowest BCUT2D eigenvalue weighted by molar-refractivity contribution is -0.137. The van der Waals surface area contributed by atoms with Crippen molar-refractivity contribution in [2.75, 3.05) is 70.1 Å². The van der Waals surface area contributed by atoms with Crippen LogP contribution >= 0.6 is 11.6 Å². The van der Waals surface area contributed by atoms with Gasteiger partial charge in [-0.1, -0.05) is 29.8 Å². The number of alkyl halides is 3. The molecule has 6 rings (SSSR count). The molecule has 4 N–H and O–H groups in total. The Bertz CT molecular complexity index is 1570. The van der Waals surface area contributed by atoms with E-state index < -0.39 is 29.5 Å². The number of amides is 5. The first kappa shape index (κ1) is 36.1. The van der Waals surface area contributed by atoms with Gasteiger partial charge in [-0.3, -0.25) is 9.69 Å². The van der Waals surface area contributed by atoms with E-state index in [2.05, 4.69) is 22.5 Å². The summed E-state index contributed by atoms with van der Waals surface area (Å²) in [5.74, 6) is -0.368. The van der Waals surface area contributed by atoms with Crippen molar-refractivity contribution in [1.82, 2.24) is 24.9 Å². The van der Waals surface area contributed by atoms with E-state index in [1.54, 1.807) is 9.80 Å². The molecule has 0 saturated carbocycles. The number of nitrogen functional groups attached to an aromatic ring is 1. The van der Waals surface area contributed by atoms with Crippen LogP contribution in [0.4, 0.5) is 34.1 Å². The molecule has 1 atom stereocenters. The van der Waals surface area contributed by atoms with Crippen molar-refractivity contribution in [1.29, 1.82) is 0 Å². The van der Waals surface area contributed by atoms with Gasteiger partial charge < -0.3 is 35.8 Å². The zero-order valence-electron chi connectivity index (χ0n) is 28.2. The van der Waals surface area contributed by atoms with E-state index in [1.807, 2.05) is 29.2 Å². The van der Waals surface area contributed by atoms with Gasteiger partial charge in [0.15, 0.2) is 0 Å². The Hall–Kier alpha value is -3.75. The van der Waals surface area contributed by atoms with E-state index in [0.29, 0.717) is 78.3 Å². The Morgan fingerprint density at radius 1 is 1.04 bits per heavy atom. The molecule has 50 heavy (non-hydrogen) atoms. The van der Waals surface area contributed by atoms with Crippen molar-refractivity contribution < 1.29 is 32.3 Å². The van der Waals surface area contributed by atoms with Gasteiger partial charge in [0.1, 0.15) is 6.04 Å². The number of hydrogen-bond donors (Lipinski definition) is 3. The fourth-order valence-electron chi connectivity index (χ4n) is 7.64. The molecule has 2 aromatic carbocycles. The highest BCUT2D eigenvalue weighted by Gasteiger charge is 2.39. The van der Waals surface area contributed by atoms with Gasteiger partial charge in [0, 0.05) is 82.7 Å². The van der Waals surface area contributed by atoms with Crippen LogP contribution in [0.5, 0.6) is 0 Å². The average Bonchev–Trinajstić information content (AvgIpc) is 3.27. The summed E-state index contributed by atoms with van der Waals surface area (Å²) in [7, 11) is 0. The first-order chi connectivity index (χ1) is 23.8. The number of likely N-dealkylation sites (tertiary alicyclic amines) is 1. The molecule has 2 aromatic rings. The highest BCUT2D eigenvalue weighted by molar-refractivity contribution is 6.33. The predicted octanol–water partition coefficient (Wildman–Crippen LogP) is 4.83. The second-order valence-corrected chi connectivity index (χ2v) is 14.3. The molecule has 0 bridgehead atoms. The molecule has 15 heteroatoms. The summed E-state index contributed by atoms with van der Waals surface area (Å²) in [6, 6.07) is 8.06. The van der Waals surface area contributed by atoms with Crippen molar-refractivity contribution in [2.45, 2.75) is 69.2 Å². The van der Waals surface area contributed by atoms with Gasteiger partial charge in [0.05, 0.1) is 16.3 Å². The number of halogens is 4. The molecular formula is C35H45ClF3N7O4. The lowest BCUT2D eigenvalue weighted by Gasteiger charge is -2.48. The maximum atomic E-state index is 14.1. The molecule has 4 aliphatic heterocycles. The minimum Gasteiger partial charge on any atom is -0.397 e. The molecule has 0 spiro atoms. The summed E-state index contributed by atoms with van der Waals surface area (Å²) in [4.78, 5) is 48.3. The van der Waals surface area contributed by atoms with Gasteiger partial charge in [0.25, 0.3) is 0 Å². The van der Waals surface area contributed by atoms with Crippen LogP contribution in [0, 0.1) is 0 Å². The first-order valence-corrected chi connectivity index (χ1v) is 17.7. The van der Waals surface area contributed by atoms with E-state index in [4.69, 9.17) is 22.1 Å². The van der Waals surface area contributed by atoms with E-state index in [-0.39, 0.29) is 40.5 Å². The van der Waals surface area contributed by atoms with Crippen LogP contribution in [0.25, 0.3) is 0 Å². The van der Waals surface area contributed by atoms with Crippen molar-refractivity contribution in [3.8, 4) is 0 Å². The van der Waals surface area contributed by atoms with Gasteiger partial charge >= 0.3 is 18.2 Å². The van der Waals surface area contributed by atoms with Crippen molar-refractivity contribution in [3.05, 3.63) is 58.1 Å². The molecule has 0 radical (unpaired) electrons. The molecule has 4 heterocycles. The lowest BCUT2D eigenvalue weighted by atomic mass is 9.89. The molecular weight excluding hydrogens is 675 g/mol. The fourth-order valence-corrected chi connectivity index (χ4v) is 7.88. The number of benzene rings is 2. The predicted molar refractivity (Wildman–Crippen MR) is 184 cm³/mol. The number of anilines is 2. The molecule has 0 unspecified atom stereocenters. The first-order valence-electron chi connectivity index (χ1n) is 17.3. The van der Waals surface area contributed by atoms with Crippen LogP contribution in [0.3, 0.4) is 0 Å². The molecule has 4 aliphatic rings. The number of nitrogens with zero attached hydrogens (tertiary/aromatic N) is 4. The smallest absolute Gasteiger partial charge is 0.397 e. The van der Waals surface area contributed by atoms with Gasteiger partial charge in [-0.15, -0.1) is 0 Å². The normalized spacial score (nSPS) is 21.2. The van der Waals surface area contributed by atoms with E-state index in [1.165, 1.54) is 6.07 Å². The molecule has 5 amide bonds. The van der Waals surface area contributed by atoms with Crippen LogP contribution in [-0.4, -0.2) is 114 Å². The number of nitrogens with one attached hydrogen (secondary N) is 2. The number of para-hydroxylation sites is 1. The zero-order valence-corrected chi connectivity index (χ0v) is 29.0. The lowest BCUT2D eigenvalue weighted by Crippen LogP contribution is -2.61. The SMILES string of the molecule is CC1(N2CCN(C(=O)[C@@H](Cc3cc(Cl)c(N)c(C(F)(F)F)c3)NC(=O)N3CCC(N4CCc5ccccc5NC4=O)CC3)CC2)CCOCC1. The number of nitrogens with two attached hydrogens (primary N) is 1. The van der Waals surface area contributed by atoms with Crippen LogP contribution in [0.1, 0.15) is 49.3 Å². The minimum absolute atomic E-state index is 0.0280. The fraction of sp³-hybridized carbons (Fsp3) is 0.571. The summed E-state index contributed by atoms with van der Waals surface area (Å²) < 4.78 is 47.0. The number of piperidine rings is 1. The van der Waals surface area contributed by atoms with Gasteiger partial charge in [-0.05, 0) is 68.4 Å². The standard InChI is InChI=1S/C35H45ClF3N7O4/c1-34(9-18-50-19-10-34)45-16-14-43(15-17-45)31(47)29(22-23-20-26(35(37,38)39)30(40)27(36)21-23)42-32(48)44-11-7-25(8-12-44)46-13-6-24-4-2-3-5-28(24)41-33(46)49/h2-5,20-21,25,29H,6-19,22,40H2,1H3,(H,41,49)(H,42,48)/t29-/m1/s1. The largest absolute Gasteiger partial charge is 0.418 e. The Kier molecular flexibility index (Phi) is 10.7. The highest BCUT2D eigenvalue weighted by Crippen LogP contribution is 2.38. The van der Waals surface area contributed by atoms with E-state index in [0.717, 1.165) is 30.2 Å². The third-order valence-corrected chi connectivity index (χ3v) is 11.1. The number of rotatable bonds is 6. The number of fused-ring (bicyclic) bond motifs is 1. The Morgan fingerprint density at radius 2 is 1.72 bits per heavy atom. The summed E-state index contributed by atoms with van der Waals surface area (Å²) in [6.45, 7) is 6.95. The van der Waals surface area contributed by atoms with Crippen LogP contribution in [-0.2, 0) is 28.5 Å². The number of ether oxygens (including phenoxy) is 1. The summed E-state index contributed by atoms with van der Waals surface area (Å²) in [5, 5.41) is 5.58. The van der Waals surface area contributed by atoms with Gasteiger partial charge in [-0.25, -0.2) is 9.59 Å². The molecule has 0 aliphatic carbocycles. The van der Waals surface area contributed by atoms with Crippen molar-refractivity contribution >= 4 is 40.9 Å². The summed E-state index contributed by atoms with van der Waals surface area (Å²) in [6.07, 6.45) is -1.35. The Balaban J connectivity index is 1.13. The number of carbonyl (C=O) groups excluding carboxylic acids is 3. The minimum atomic E-state index is -4.75. The molecule has 0 aromatic heterocycles. The zero-order chi connectivity index (χ0) is 35.6. The third-order valence-electron chi connectivity index (χ3n) is 10.8. The highest BCUT2D eigenvalue weighted by atomic mass is 35.5. The van der Waals surface area contributed by atoms with Crippen molar-refractivity contribution in [2.24, 2.45) is 0 Å². The number of piperazine rings is 1. The molecule has 3 fully saturated rings. The Labute approximate surface area is 295 Å². The quantitative estimate of drug-likeness (QED) is 0.368. The number of urea groups is 2. The van der Waals surface area contributed by atoms with Gasteiger partial charge in [-0.2, -0.15) is 13.2 Å². The van der Waals surface area contributed by atoms with E-state index >= 15 is 0 Å². The van der Waals surface area contributed by atoms with Crippen LogP contribution in [0.15, 0.2) is 36.4 Å². The molecule has 272 valence electrons. The molecule has 3 saturated heterocycles. The number of hydrogen-bond acceptors (Lipinski definition) is 6. The number of carbonyl (C=O) groups is 3. The monoisotopic (exact) mass is 719 g/mol. The maximum absolute atomic E-state index is 14.1. The second kappa shape index (κ2) is 14.8.